The monoisotopic (exact) mass is 547 g/mol. The average molecular weight is 548 g/mol. The van der Waals surface area contributed by atoms with Gasteiger partial charge in [0.05, 0.1) is 4.90 Å². The minimum Gasteiger partial charge on any atom is -0.377 e. The molecule has 5 nitrogen and oxygen atoms in total. The largest absolute Gasteiger partial charge is 0.377 e. The summed E-state index contributed by atoms with van der Waals surface area (Å²) in [7, 11) is -3.50. The van der Waals surface area contributed by atoms with Crippen LogP contribution in [0.3, 0.4) is 0 Å². The molecular weight excluding hydrogens is 506 g/mol. The number of piperidine rings is 1. The second kappa shape index (κ2) is 9.72. The summed E-state index contributed by atoms with van der Waals surface area (Å²) in [6, 6.07) is 7.58. The highest BCUT2D eigenvalue weighted by atomic mass is 32.2. The van der Waals surface area contributed by atoms with Gasteiger partial charge in [0.2, 0.25) is 10.0 Å². The van der Waals surface area contributed by atoms with Crippen molar-refractivity contribution in [1.82, 2.24) is 4.31 Å². The number of carbonyl (C=O) groups excluding carboxylic acids is 1. The Bertz CT molecular complexity index is 1410. The van der Waals surface area contributed by atoms with Gasteiger partial charge in [0, 0.05) is 30.8 Å². The van der Waals surface area contributed by atoms with Crippen LogP contribution in [0.15, 0.2) is 52.0 Å². The predicted molar refractivity (Wildman–Crippen MR) is 152 cm³/mol. The van der Waals surface area contributed by atoms with Crippen LogP contribution in [0.25, 0.3) is 0 Å². The number of hydrogen-bond donors (Lipinski definition) is 1. The number of allylic oxidation sites excluding steroid dienone is 4. The van der Waals surface area contributed by atoms with Gasteiger partial charge in [-0.15, -0.1) is 5.92 Å². The summed E-state index contributed by atoms with van der Waals surface area (Å²) in [5.41, 5.74) is 3.66. The van der Waals surface area contributed by atoms with E-state index in [1.807, 2.05) is 25.1 Å². The third kappa shape index (κ3) is 4.11. The molecule has 39 heavy (non-hydrogen) atoms. The van der Waals surface area contributed by atoms with Gasteiger partial charge < -0.3 is 5.11 Å². The standard InChI is InChI=1S/C33H41NO4S/c1-4-16-33(36)22(2)19-30-28-14-10-24-20-25(35)11-15-27(24)31(28)29(21-32(30,33)3)23-8-12-26(13-9-23)39(37,38)34-17-6-5-7-18-34/h8-9,12-13,20,22,28-30,36H,5-7,10-11,14-15,17-19,21H2,1-3H3/t22-,28+,29-,30+,32+,33+/m1/s1. The van der Waals surface area contributed by atoms with Crippen molar-refractivity contribution in [2.45, 2.75) is 95.0 Å². The fourth-order valence-electron chi connectivity index (χ4n) is 8.88. The van der Waals surface area contributed by atoms with E-state index < -0.39 is 15.6 Å². The minimum absolute atomic E-state index is 0.0605. The zero-order valence-corrected chi connectivity index (χ0v) is 24.3. The van der Waals surface area contributed by atoms with Gasteiger partial charge in [0.15, 0.2) is 5.78 Å². The van der Waals surface area contributed by atoms with Crippen molar-refractivity contribution >= 4 is 15.8 Å². The summed E-state index contributed by atoms with van der Waals surface area (Å²) < 4.78 is 28.3. The van der Waals surface area contributed by atoms with E-state index in [2.05, 4.69) is 25.7 Å². The lowest BCUT2D eigenvalue weighted by atomic mass is 9.51. The third-order valence-electron chi connectivity index (χ3n) is 10.9. The van der Waals surface area contributed by atoms with Gasteiger partial charge in [0.25, 0.3) is 0 Å². The second-order valence-electron chi connectivity index (χ2n) is 12.8. The van der Waals surface area contributed by atoms with Crippen LogP contribution in [-0.2, 0) is 14.8 Å². The number of carbonyl (C=O) groups is 1. The van der Waals surface area contributed by atoms with Gasteiger partial charge in [-0.3, -0.25) is 4.79 Å². The van der Waals surface area contributed by atoms with E-state index in [1.54, 1.807) is 16.4 Å². The third-order valence-corrected chi connectivity index (χ3v) is 12.8. The van der Waals surface area contributed by atoms with Crippen molar-refractivity contribution in [2.75, 3.05) is 13.1 Å². The predicted octanol–water partition coefficient (Wildman–Crippen LogP) is 5.76. The molecule has 0 aromatic heterocycles. The molecule has 208 valence electrons. The van der Waals surface area contributed by atoms with Gasteiger partial charge in [-0.1, -0.05) is 43.9 Å². The highest BCUT2D eigenvalue weighted by Gasteiger charge is 2.65. The Labute approximate surface area is 233 Å². The molecule has 0 bridgehead atoms. The molecule has 1 heterocycles. The first kappa shape index (κ1) is 27.0. The molecule has 6 rings (SSSR count). The van der Waals surface area contributed by atoms with E-state index in [4.69, 9.17) is 0 Å². The van der Waals surface area contributed by atoms with Gasteiger partial charge >= 0.3 is 0 Å². The Morgan fingerprint density at radius 1 is 1.05 bits per heavy atom. The van der Waals surface area contributed by atoms with Crippen LogP contribution < -0.4 is 0 Å². The lowest BCUT2D eigenvalue weighted by Gasteiger charge is -2.54. The Morgan fingerprint density at radius 3 is 2.46 bits per heavy atom. The van der Waals surface area contributed by atoms with Crippen molar-refractivity contribution in [3.63, 3.8) is 0 Å². The number of nitrogens with zero attached hydrogens (tertiary/aromatic N) is 1. The van der Waals surface area contributed by atoms with Crippen LogP contribution in [0.4, 0.5) is 0 Å². The van der Waals surface area contributed by atoms with Gasteiger partial charge in [0.1, 0.15) is 5.60 Å². The SMILES string of the molecule is CC#C[C@]1(O)[C@H](C)C[C@H]2[C@@H]3CCC4=CC(=O)CCC4=C3[C@@H](c3ccc(S(=O)(=O)N4CCCCC4)cc3)C[C@@]21C. The van der Waals surface area contributed by atoms with E-state index in [0.29, 0.717) is 36.2 Å². The van der Waals surface area contributed by atoms with Crippen LogP contribution in [0.5, 0.6) is 0 Å². The number of sulfonamides is 1. The zero-order valence-electron chi connectivity index (χ0n) is 23.5. The van der Waals surface area contributed by atoms with Crippen molar-refractivity contribution in [1.29, 1.82) is 0 Å². The molecule has 6 atom stereocenters. The van der Waals surface area contributed by atoms with Crippen molar-refractivity contribution < 1.29 is 18.3 Å². The molecule has 6 heteroatoms. The molecule has 1 aromatic carbocycles. The maximum atomic E-state index is 13.3. The quantitative estimate of drug-likeness (QED) is 0.488. The van der Waals surface area contributed by atoms with Crippen LogP contribution in [0.1, 0.15) is 90.0 Å². The molecule has 0 amide bonds. The molecule has 3 fully saturated rings. The minimum atomic E-state index is -3.50. The van der Waals surface area contributed by atoms with E-state index >= 15 is 0 Å². The Kier molecular flexibility index (Phi) is 6.72. The fraction of sp³-hybridized carbons (Fsp3) is 0.606. The molecule has 0 unspecified atom stereocenters. The highest BCUT2D eigenvalue weighted by Crippen LogP contribution is 2.68. The summed E-state index contributed by atoms with van der Waals surface area (Å²) in [4.78, 5) is 12.7. The summed E-state index contributed by atoms with van der Waals surface area (Å²) in [6.45, 7) is 7.38. The first-order valence-corrected chi connectivity index (χ1v) is 16.3. The van der Waals surface area contributed by atoms with Crippen LogP contribution in [-0.4, -0.2) is 42.3 Å². The molecule has 0 spiro atoms. The van der Waals surface area contributed by atoms with Gasteiger partial charge in [-0.2, -0.15) is 4.31 Å². The van der Waals surface area contributed by atoms with Gasteiger partial charge in [-0.05, 0) is 105 Å². The summed E-state index contributed by atoms with van der Waals surface area (Å²) >= 11 is 0. The van der Waals surface area contributed by atoms with E-state index in [0.717, 1.165) is 56.9 Å². The lowest BCUT2D eigenvalue weighted by Crippen LogP contribution is -2.52. The van der Waals surface area contributed by atoms with E-state index in [-0.39, 0.29) is 23.0 Å². The van der Waals surface area contributed by atoms with Crippen molar-refractivity contribution in [2.24, 2.45) is 23.2 Å². The van der Waals surface area contributed by atoms with Crippen LogP contribution >= 0.6 is 0 Å². The maximum absolute atomic E-state index is 13.3. The van der Waals surface area contributed by atoms with Crippen molar-refractivity contribution in [3.8, 4) is 11.8 Å². The normalized spacial score (nSPS) is 36.8. The van der Waals surface area contributed by atoms with E-state index in [1.165, 1.54) is 16.7 Å². The molecule has 1 saturated heterocycles. The van der Waals surface area contributed by atoms with E-state index in [9.17, 15) is 18.3 Å². The molecule has 2 saturated carbocycles. The number of fused-ring (bicyclic) bond motifs is 4. The molecule has 0 radical (unpaired) electrons. The smallest absolute Gasteiger partial charge is 0.243 e. The summed E-state index contributed by atoms with van der Waals surface area (Å²) in [5, 5.41) is 12.1. The summed E-state index contributed by atoms with van der Waals surface area (Å²) in [5.74, 6) is 7.32. The lowest BCUT2D eigenvalue weighted by molar-refractivity contribution is -0.114. The highest BCUT2D eigenvalue weighted by molar-refractivity contribution is 7.89. The first-order chi connectivity index (χ1) is 18.6. The first-order valence-electron chi connectivity index (χ1n) is 14.8. The number of rotatable bonds is 3. The van der Waals surface area contributed by atoms with Crippen molar-refractivity contribution in [3.05, 3.63) is 52.6 Å². The molecule has 1 aromatic rings. The topological polar surface area (TPSA) is 74.7 Å². The average Bonchev–Trinajstić information content (AvgIpc) is 3.13. The van der Waals surface area contributed by atoms with Crippen LogP contribution in [0.2, 0.25) is 0 Å². The molecule has 1 aliphatic heterocycles. The Morgan fingerprint density at radius 2 is 1.77 bits per heavy atom. The Balaban J connectivity index is 1.45. The second-order valence-corrected chi connectivity index (χ2v) is 14.7. The number of hydrogen-bond acceptors (Lipinski definition) is 4. The summed E-state index contributed by atoms with van der Waals surface area (Å²) in [6.07, 6.45) is 9.73. The fourth-order valence-corrected chi connectivity index (χ4v) is 10.4. The molecule has 4 aliphatic carbocycles. The molecule has 1 N–H and O–H groups in total. The van der Waals surface area contributed by atoms with Crippen LogP contribution in [0, 0.1) is 35.0 Å². The Hall–Kier alpha value is -2.20. The van der Waals surface area contributed by atoms with Gasteiger partial charge in [-0.25, -0.2) is 8.42 Å². The maximum Gasteiger partial charge on any atom is 0.243 e. The zero-order chi connectivity index (χ0) is 27.6. The number of benzene rings is 1. The molecular formula is C33H41NO4S. The molecule has 5 aliphatic rings. The number of ketones is 1. The number of aliphatic hydroxyl groups is 1.